The molecule has 0 spiro atoms. The normalized spacial score (nSPS) is 10.9. The number of benzene rings is 2. The second-order valence-electron chi connectivity index (χ2n) is 5.62. The summed E-state index contributed by atoms with van der Waals surface area (Å²) in [6, 6.07) is 10.2. The second-order valence-corrected chi connectivity index (χ2v) is 7.30. The number of rotatable bonds is 7. The number of nitrogens with one attached hydrogen (secondary N) is 1. The summed E-state index contributed by atoms with van der Waals surface area (Å²) in [5.74, 6) is -1.32. The Bertz CT molecular complexity index is 935. The van der Waals surface area contributed by atoms with E-state index >= 15 is 0 Å². The molecule has 0 radical (unpaired) electrons. The van der Waals surface area contributed by atoms with Gasteiger partial charge < -0.3 is 9.47 Å². The highest BCUT2D eigenvalue weighted by atomic mass is 32.2. The Hall–Kier alpha value is -2.87. The molecule has 0 atom stereocenters. The molecule has 2 aromatic rings. The van der Waals surface area contributed by atoms with E-state index in [0.717, 1.165) is 5.56 Å². The molecule has 1 N–H and O–H groups in total. The van der Waals surface area contributed by atoms with E-state index in [4.69, 9.17) is 9.47 Å². The Balaban J connectivity index is 2.47. The van der Waals surface area contributed by atoms with Crippen LogP contribution >= 0.6 is 0 Å². The number of aryl methyl sites for hydroxylation is 1. The van der Waals surface area contributed by atoms with Gasteiger partial charge in [0.05, 0.1) is 34.9 Å². The summed E-state index contributed by atoms with van der Waals surface area (Å²) in [6.07, 6.45) is 0. The summed E-state index contributed by atoms with van der Waals surface area (Å²) in [4.78, 5) is 24.2. The molecule has 2 aromatic carbocycles. The van der Waals surface area contributed by atoms with E-state index in [1.807, 2.05) is 6.92 Å². The molecular formula is C19H21NO6S. The lowest BCUT2D eigenvalue weighted by Gasteiger charge is -2.13. The molecule has 0 fully saturated rings. The molecule has 0 bridgehead atoms. The molecule has 0 aromatic heterocycles. The van der Waals surface area contributed by atoms with Crippen molar-refractivity contribution in [2.45, 2.75) is 25.7 Å². The molecule has 0 amide bonds. The minimum Gasteiger partial charge on any atom is -0.462 e. The van der Waals surface area contributed by atoms with Crippen LogP contribution in [0.25, 0.3) is 0 Å². The van der Waals surface area contributed by atoms with Crippen LogP contribution in [0.3, 0.4) is 0 Å². The van der Waals surface area contributed by atoms with Gasteiger partial charge in [0.15, 0.2) is 0 Å². The highest BCUT2D eigenvalue weighted by Gasteiger charge is 2.21. The summed E-state index contributed by atoms with van der Waals surface area (Å²) >= 11 is 0. The number of esters is 2. The van der Waals surface area contributed by atoms with Gasteiger partial charge in [-0.3, -0.25) is 4.72 Å². The zero-order valence-corrected chi connectivity index (χ0v) is 16.1. The second kappa shape index (κ2) is 8.68. The van der Waals surface area contributed by atoms with Crippen molar-refractivity contribution in [3.05, 3.63) is 59.2 Å². The van der Waals surface area contributed by atoms with Crippen LogP contribution in [0.2, 0.25) is 0 Å². The van der Waals surface area contributed by atoms with Crippen molar-refractivity contribution in [2.24, 2.45) is 0 Å². The molecule has 144 valence electrons. The van der Waals surface area contributed by atoms with E-state index in [2.05, 4.69) is 4.72 Å². The van der Waals surface area contributed by atoms with Crippen molar-refractivity contribution in [2.75, 3.05) is 17.9 Å². The van der Waals surface area contributed by atoms with Gasteiger partial charge in [0.2, 0.25) is 0 Å². The predicted octanol–water partition coefficient (Wildman–Crippen LogP) is 3.15. The number of hydrogen-bond acceptors (Lipinski definition) is 6. The van der Waals surface area contributed by atoms with Crippen LogP contribution in [0.5, 0.6) is 0 Å². The van der Waals surface area contributed by atoms with E-state index in [0.29, 0.717) is 0 Å². The van der Waals surface area contributed by atoms with Crippen molar-refractivity contribution in [1.29, 1.82) is 0 Å². The van der Waals surface area contributed by atoms with Crippen molar-refractivity contribution in [3.63, 3.8) is 0 Å². The minimum atomic E-state index is -3.97. The third kappa shape index (κ3) is 5.07. The summed E-state index contributed by atoms with van der Waals surface area (Å²) in [5.41, 5.74) is 0.970. The van der Waals surface area contributed by atoms with Crippen molar-refractivity contribution >= 4 is 27.6 Å². The van der Waals surface area contributed by atoms with E-state index in [1.165, 1.54) is 30.3 Å². The quantitative estimate of drug-likeness (QED) is 0.728. The van der Waals surface area contributed by atoms with Gasteiger partial charge in [-0.05, 0) is 51.1 Å². The summed E-state index contributed by atoms with van der Waals surface area (Å²) in [5, 5.41) is 0. The summed E-state index contributed by atoms with van der Waals surface area (Å²) in [6.45, 7) is 5.43. The van der Waals surface area contributed by atoms with Crippen LogP contribution in [-0.4, -0.2) is 33.6 Å². The smallest absolute Gasteiger partial charge is 0.340 e. The molecule has 0 aliphatic heterocycles. The fourth-order valence-electron chi connectivity index (χ4n) is 2.28. The third-order valence-corrected chi connectivity index (χ3v) is 4.98. The maximum Gasteiger partial charge on any atom is 0.340 e. The number of ether oxygens (including phenoxy) is 2. The lowest BCUT2D eigenvalue weighted by Crippen LogP contribution is -2.17. The fourth-order valence-corrected chi connectivity index (χ4v) is 3.35. The van der Waals surface area contributed by atoms with Crippen LogP contribution in [0.4, 0.5) is 5.69 Å². The summed E-state index contributed by atoms with van der Waals surface area (Å²) in [7, 11) is -3.97. The van der Waals surface area contributed by atoms with Crippen LogP contribution in [-0.2, 0) is 19.5 Å². The topological polar surface area (TPSA) is 98.8 Å². The van der Waals surface area contributed by atoms with Crippen LogP contribution < -0.4 is 4.72 Å². The number of carbonyl (C=O) groups excluding carboxylic acids is 2. The molecule has 0 saturated heterocycles. The predicted molar refractivity (Wildman–Crippen MR) is 100 cm³/mol. The fraction of sp³-hybridized carbons (Fsp3) is 0.263. The Morgan fingerprint density at radius 2 is 1.52 bits per heavy atom. The number of anilines is 1. The van der Waals surface area contributed by atoms with E-state index in [1.54, 1.807) is 26.0 Å². The number of carbonyl (C=O) groups is 2. The molecular weight excluding hydrogens is 370 g/mol. The maximum absolute atomic E-state index is 12.7. The number of sulfonamides is 1. The first-order valence-corrected chi connectivity index (χ1v) is 9.84. The van der Waals surface area contributed by atoms with Gasteiger partial charge in [-0.2, -0.15) is 0 Å². The largest absolute Gasteiger partial charge is 0.462 e. The van der Waals surface area contributed by atoms with Crippen molar-refractivity contribution in [1.82, 2.24) is 0 Å². The first-order valence-electron chi connectivity index (χ1n) is 8.36. The van der Waals surface area contributed by atoms with Crippen LogP contribution in [0.15, 0.2) is 47.4 Å². The molecule has 27 heavy (non-hydrogen) atoms. The van der Waals surface area contributed by atoms with Gasteiger partial charge >= 0.3 is 11.9 Å². The van der Waals surface area contributed by atoms with E-state index < -0.39 is 22.0 Å². The van der Waals surface area contributed by atoms with E-state index in [-0.39, 0.29) is 34.9 Å². The number of hydrogen-bond donors (Lipinski definition) is 1. The van der Waals surface area contributed by atoms with E-state index in [9.17, 15) is 18.0 Å². The van der Waals surface area contributed by atoms with Gasteiger partial charge in [0.25, 0.3) is 10.0 Å². The average Bonchev–Trinajstić information content (AvgIpc) is 2.62. The molecule has 0 unspecified atom stereocenters. The minimum absolute atomic E-state index is 0.000542. The zero-order valence-electron chi connectivity index (χ0n) is 15.3. The van der Waals surface area contributed by atoms with Crippen LogP contribution in [0, 0.1) is 6.92 Å². The monoisotopic (exact) mass is 391 g/mol. The molecule has 8 heteroatoms. The van der Waals surface area contributed by atoms with Crippen molar-refractivity contribution in [3.8, 4) is 0 Å². The van der Waals surface area contributed by atoms with Gasteiger partial charge in [0, 0.05) is 0 Å². The standard InChI is InChI=1S/C19H21NO6S/c1-4-25-18(21)14-8-11-16(19(22)26-5-2)17(12-14)20-27(23,24)15-9-6-13(3)7-10-15/h6-12,20H,4-5H2,1-3H3. The van der Waals surface area contributed by atoms with Gasteiger partial charge in [-0.25, -0.2) is 18.0 Å². The Morgan fingerprint density at radius 1 is 0.926 bits per heavy atom. The zero-order chi connectivity index (χ0) is 20.0. The molecule has 0 aliphatic carbocycles. The SMILES string of the molecule is CCOC(=O)c1ccc(C(=O)OCC)c(NS(=O)(=O)c2ccc(C)cc2)c1. The lowest BCUT2D eigenvalue weighted by atomic mass is 10.1. The molecule has 0 saturated carbocycles. The average molecular weight is 391 g/mol. The first-order chi connectivity index (χ1) is 12.8. The lowest BCUT2D eigenvalue weighted by molar-refractivity contribution is 0.0512. The Kier molecular flexibility index (Phi) is 6.57. The van der Waals surface area contributed by atoms with Crippen LogP contribution in [0.1, 0.15) is 40.1 Å². The maximum atomic E-state index is 12.7. The Morgan fingerprint density at radius 3 is 2.11 bits per heavy atom. The highest BCUT2D eigenvalue weighted by molar-refractivity contribution is 7.92. The van der Waals surface area contributed by atoms with Gasteiger partial charge in [-0.15, -0.1) is 0 Å². The van der Waals surface area contributed by atoms with Gasteiger partial charge in [-0.1, -0.05) is 17.7 Å². The molecule has 0 aliphatic rings. The molecule has 7 nitrogen and oxygen atoms in total. The summed E-state index contributed by atoms with van der Waals surface area (Å²) < 4.78 is 37.6. The first kappa shape index (κ1) is 20.4. The van der Waals surface area contributed by atoms with Crippen molar-refractivity contribution < 1.29 is 27.5 Å². The highest BCUT2D eigenvalue weighted by Crippen LogP contribution is 2.23. The Labute approximate surface area is 158 Å². The van der Waals surface area contributed by atoms with Gasteiger partial charge in [0.1, 0.15) is 0 Å². The third-order valence-electron chi connectivity index (χ3n) is 3.60. The molecule has 0 heterocycles. The molecule has 2 rings (SSSR count).